The third kappa shape index (κ3) is 4.44. The number of likely N-dealkylation sites (tertiary alicyclic amines) is 1. The normalized spacial score (nSPS) is 24.8. The molecule has 2 aromatic rings. The second kappa shape index (κ2) is 7.16. The van der Waals surface area contributed by atoms with Gasteiger partial charge in [0.2, 0.25) is 0 Å². The van der Waals surface area contributed by atoms with Crippen LogP contribution in [0.25, 0.3) is 0 Å². The number of aryl methyl sites for hydroxylation is 1. The van der Waals surface area contributed by atoms with Crippen LogP contribution in [0.15, 0.2) is 30.6 Å². The third-order valence-corrected chi connectivity index (χ3v) is 5.60. The van der Waals surface area contributed by atoms with Crippen molar-refractivity contribution in [2.45, 2.75) is 26.4 Å². The Hall–Kier alpha value is -2.06. The molecule has 8 heteroatoms. The number of imidazole rings is 1. The number of hydrogen-bond donors (Lipinski definition) is 2. The Labute approximate surface area is 155 Å². The Balaban J connectivity index is 1.19. The Morgan fingerprint density at radius 2 is 2.07 bits per heavy atom. The van der Waals surface area contributed by atoms with Crippen molar-refractivity contribution in [3.63, 3.8) is 0 Å². The van der Waals surface area contributed by atoms with Crippen LogP contribution in [0.2, 0.25) is 0 Å². The van der Waals surface area contributed by atoms with E-state index in [0.717, 1.165) is 55.0 Å². The molecule has 0 spiro atoms. The SMILES string of the molecule is Cc1[nH]cnc1CN1CC2C(CNCc3cccc(OC(F)(F)F)c3)C2C1. The van der Waals surface area contributed by atoms with Gasteiger partial charge in [0.1, 0.15) is 5.75 Å². The lowest BCUT2D eigenvalue weighted by Crippen LogP contribution is -2.27. The van der Waals surface area contributed by atoms with Gasteiger partial charge in [-0.15, -0.1) is 13.2 Å². The predicted octanol–water partition coefficient (Wildman–Crippen LogP) is 3.08. The maximum Gasteiger partial charge on any atom is 0.573 e. The Morgan fingerprint density at radius 3 is 2.74 bits per heavy atom. The predicted molar refractivity (Wildman–Crippen MR) is 93.9 cm³/mol. The minimum Gasteiger partial charge on any atom is -0.406 e. The summed E-state index contributed by atoms with van der Waals surface area (Å²) in [6, 6.07) is 6.14. The van der Waals surface area contributed by atoms with Crippen LogP contribution < -0.4 is 10.1 Å². The van der Waals surface area contributed by atoms with Crippen LogP contribution in [0.1, 0.15) is 17.0 Å². The number of halogens is 3. The molecule has 1 aromatic carbocycles. The Morgan fingerprint density at radius 1 is 1.30 bits per heavy atom. The van der Waals surface area contributed by atoms with Crippen molar-refractivity contribution in [2.75, 3.05) is 19.6 Å². The van der Waals surface area contributed by atoms with Gasteiger partial charge in [0.25, 0.3) is 0 Å². The molecular formula is C19H23F3N4O. The van der Waals surface area contributed by atoms with E-state index in [2.05, 4.69) is 24.9 Å². The summed E-state index contributed by atoms with van der Waals surface area (Å²) < 4.78 is 40.9. The van der Waals surface area contributed by atoms with Gasteiger partial charge in [-0.05, 0) is 48.9 Å². The molecule has 0 amide bonds. The van der Waals surface area contributed by atoms with Gasteiger partial charge in [0, 0.05) is 31.9 Å². The van der Waals surface area contributed by atoms with E-state index >= 15 is 0 Å². The fourth-order valence-electron chi connectivity index (χ4n) is 4.16. The molecule has 2 heterocycles. The Bertz CT molecular complexity index is 779. The van der Waals surface area contributed by atoms with Gasteiger partial charge in [-0.25, -0.2) is 4.98 Å². The van der Waals surface area contributed by atoms with Crippen LogP contribution >= 0.6 is 0 Å². The molecule has 1 aliphatic carbocycles. The van der Waals surface area contributed by atoms with Gasteiger partial charge in [-0.1, -0.05) is 12.1 Å². The molecule has 2 unspecified atom stereocenters. The minimum absolute atomic E-state index is 0.172. The fourth-order valence-corrected chi connectivity index (χ4v) is 4.16. The van der Waals surface area contributed by atoms with Crippen LogP contribution in [0.5, 0.6) is 5.75 Å². The first-order chi connectivity index (χ1) is 12.9. The molecule has 2 atom stereocenters. The van der Waals surface area contributed by atoms with Crippen molar-refractivity contribution in [3.05, 3.63) is 47.5 Å². The van der Waals surface area contributed by atoms with Crippen LogP contribution in [0.3, 0.4) is 0 Å². The van der Waals surface area contributed by atoms with Gasteiger partial charge in [-0.2, -0.15) is 0 Å². The van der Waals surface area contributed by atoms with Crippen molar-refractivity contribution >= 4 is 0 Å². The summed E-state index contributed by atoms with van der Waals surface area (Å²) in [6.07, 6.45) is -2.92. The maximum absolute atomic E-state index is 12.3. The first kappa shape index (κ1) is 18.3. The van der Waals surface area contributed by atoms with E-state index < -0.39 is 6.36 Å². The lowest BCUT2D eigenvalue weighted by atomic mass is 10.2. The zero-order chi connectivity index (χ0) is 19.0. The second-order valence-corrected chi connectivity index (χ2v) is 7.49. The molecular weight excluding hydrogens is 357 g/mol. The number of benzene rings is 1. The van der Waals surface area contributed by atoms with Crippen LogP contribution in [0.4, 0.5) is 13.2 Å². The van der Waals surface area contributed by atoms with E-state index in [0.29, 0.717) is 12.5 Å². The number of nitrogens with one attached hydrogen (secondary N) is 2. The highest BCUT2D eigenvalue weighted by molar-refractivity contribution is 5.28. The lowest BCUT2D eigenvalue weighted by molar-refractivity contribution is -0.274. The van der Waals surface area contributed by atoms with Crippen LogP contribution in [-0.4, -0.2) is 40.9 Å². The summed E-state index contributed by atoms with van der Waals surface area (Å²) in [5.41, 5.74) is 3.04. The number of hydrogen-bond acceptors (Lipinski definition) is 4. The summed E-state index contributed by atoms with van der Waals surface area (Å²) in [5.74, 6) is 1.93. The first-order valence-corrected chi connectivity index (χ1v) is 9.15. The Kier molecular flexibility index (Phi) is 4.86. The number of rotatable bonds is 7. The van der Waals surface area contributed by atoms with E-state index in [1.54, 1.807) is 18.5 Å². The number of ether oxygens (including phenoxy) is 1. The topological polar surface area (TPSA) is 53.2 Å². The quantitative estimate of drug-likeness (QED) is 0.775. The van der Waals surface area contributed by atoms with Gasteiger partial charge in [-0.3, -0.25) is 4.90 Å². The number of piperidine rings is 1. The molecule has 1 aliphatic heterocycles. The summed E-state index contributed by atoms with van der Waals surface area (Å²) in [6.45, 7) is 6.57. The third-order valence-electron chi connectivity index (χ3n) is 5.60. The second-order valence-electron chi connectivity index (χ2n) is 7.49. The van der Waals surface area contributed by atoms with Crippen molar-refractivity contribution in [3.8, 4) is 5.75 Å². The number of alkyl halides is 3. The molecule has 5 nitrogen and oxygen atoms in total. The minimum atomic E-state index is -4.65. The average Bonchev–Trinajstić information content (AvgIpc) is 2.92. The maximum atomic E-state index is 12.3. The summed E-state index contributed by atoms with van der Waals surface area (Å²) >= 11 is 0. The summed E-state index contributed by atoms with van der Waals surface area (Å²) in [5, 5.41) is 3.38. The van der Waals surface area contributed by atoms with E-state index in [1.165, 1.54) is 12.1 Å². The standard InChI is InChI=1S/C19H23F3N4O/c1-12-18(25-11-24-12)10-26-8-16-15(17(16)9-26)7-23-6-13-3-2-4-14(5-13)27-19(20,21)22/h2-5,11,15-17,23H,6-10H2,1H3,(H,24,25). The van der Waals surface area contributed by atoms with Gasteiger partial charge in [0.15, 0.2) is 0 Å². The van der Waals surface area contributed by atoms with E-state index in [-0.39, 0.29) is 5.75 Å². The van der Waals surface area contributed by atoms with E-state index in [1.807, 2.05) is 6.92 Å². The van der Waals surface area contributed by atoms with E-state index in [4.69, 9.17) is 0 Å². The van der Waals surface area contributed by atoms with E-state index in [9.17, 15) is 13.2 Å². The van der Waals surface area contributed by atoms with Gasteiger partial charge < -0.3 is 15.0 Å². The average molecular weight is 380 g/mol. The number of aromatic amines is 1. The highest BCUT2D eigenvalue weighted by Gasteiger charge is 2.54. The molecule has 0 radical (unpaired) electrons. The zero-order valence-electron chi connectivity index (χ0n) is 15.1. The monoisotopic (exact) mass is 380 g/mol. The van der Waals surface area contributed by atoms with Crippen molar-refractivity contribution in [2.24, 2.45) is 17.8 Å². The highest BCUT2D eigenvalue weighted by atomic mass is 19.4. The molecule has 2 fully saturated rings. The first-order valence-electron chi connectivity index (χ1n) is 9.15. The van der Waals surface area contributed by atoms with Crippen LogP contribution in [-0.2, 0) is 13.1 Å². The summed E-state index contributed by atoms with van der Waals surface area (Å²) in [4.78, 5) is 9.93. The zero-order valence-corrected chi connectivity index (χ0v) is 15.1. The van der Waals surface area contributed by atoms with Crippen molar-refractivity contribution in [1.29, 1.82) is 0 Å². The molecule has 2 aliphatic rings. The molecule has 0 bridgehead atoms. The summed E-state index contributed by atoms with van der Waals surface area (Å²) in [7, 11) is 0. The molecule has 27 heavy (non-hydrogen) atoms. The van der Waals surface area contributed by atoms with Crippen molar-refractivity contribution < 1.29 is 17.9 Å². The number of H-pyrrole nitrogens is 1. The number of aromatic nitrogens is 2. The fraction of sp³-hybridized carbons (Fsp3) is 0.526. The molecule has 1 saturated heterocycles. The molecule has 1 aromatic heterocycles. The smallest absolute Gasteiger partial charge is 0.406 e. The molecule has 1 saturated carbocycles. The molecule has 2 N–H and O–H groups in total. The van der Waals surface area contributed by atoms with Crippen LogP contribution in [0, 0.1) is 24.7 Å². The molecule has 4 rings (SSSR count). The number of nitrogens with zero attached hydrogens (tertiary/aromatic N) is 2. The van der Waals surface area contributed by atoms with Gasteiger partial charge >= 0.3 is 6.36 Å². The largest absolute Gasteiger partial charge is 0.573 e. The highest BCUT2D eigenvalue weighted by Crippen LogP contribution is 2.51. The number of fused-ring (bicyclic) bond motifs is 1. The molecule has 146 valence electrons. The lowest BCUT2D eigenvalue weighted by Gasteiger charge is -2.19. The van der Waals surface area contributed by atoms with Gasteiger partial charge in [0.05, 0.1) is 12.0 Å². The van der Waals surface area contributed by atoms with Crippen molar-refractivity contribution in [1.82, 2.24) is 20.2 Å².